The van der Waals surface area contributed by atoms with Gasteiger partial charge in [0.1, 0.15) is 11.6 Å². The molecule has 0 amide bonds. The van der Waals surface area contributed by atoms with Crippen molar-refractivity contribution in [2.24, 2.45) is 5.92 Å². The average molecular weight is 205 g/mol. The van der Waals surface area contributed by atoms with Gasteiger partial charge in [0.05, 0.1) is 12.4 Å². The number of hydrogen-bond donors (Lipinski definition) is 2. The van der Waals surface area contributed by atoms with Crippen LogP contribution in [0, 0.1) is 5.92 Å². The first-order valence-electron chi connectivity index (χ1n) is 5.39. The van der Waals surface area contributed by atoms with Crippen molar-refractivity contribution in [3.8, 4) is 0 Å². The SMILES string of the molecule is Nc1cncc(N2CCC3CNCC32)n1. The minimum Gasteiger partial charge on any atom is -0.382 e. The monoisotopic (exact) mass is 205 g/mol. The molecular formula is C10H15N5. The second-order valence-electron chi connectivity index (χ2n) is 4.27. The van der Waals surface area contributed by atoms with Gasteiger partial charge in [0.2, 0.25) is 0 Å². The number of rotatable bonds is 1. The largest absolute Gasteiger partial charge is 0.382 e. The zero-order valence-corrected chi connectivity index (χ0v) is 8.56. The zero-order chi connectivity index (χ0) is 10.3. The van der Waals surface area contributed by atoms with Crippen molar-refractivity contribution in [1.82, 2.24) is 15.3 Å². The minimum atomic E-state index is 0.502. The van der Waals surface area contributed by atoms with Crippen molar-refractivity contribution < 1.29 is 0 Å². The Balaban J connectivity index is 1.88. The van der Waals surface area contributed by atoms with Crippen molar-refractivity contribution >= 4 is 11.6 Å². The van der Waals surface area contributed by atoms with Gasteiger partial charge in [-0.15, -0.1) is 0 Å². The Bertz CT molecular complexity index is 367. The summed E-state index contributed by atoms with van der Waals surface area (Å²) < 4.78 is 0. The fourth-order valence-electron chi connectivity index (χ4n) is 2.64. The summed E-state index contributed by atoms with van der Waals surface area (Å²) in [6, 6.07) is 0.584. The maximum atomic E-state index is 5.65. The molecule has 3 heterocycles. The van der Waals surface area contributed by atoms with Crippen LogP contribution in [0.3, 0.4) is 0 Å². The molecule has 1 aromatic rings. The Morgan fingerprint density at radius 1 is 1.40 bits per heavy atom. The molecule has 5 heteroatoms. The maximum absolute atomic E-state index is 5.65. The highest BCUT2D eigenvalue weighted by Crippen LogP contribution is 2.30. The van der Waals surface area contributed by atoms with E-state index in [9.17, 15) is 0 Å². The number of fused-ring (bicyclic) bond motifs is 1. The standard InChI is InChI=1S/C10H15N5/c11-9-5-13-6-10(14-9)15-2-1-7-3-12-4-8(7)15/h5-8,12H,1-4H2,(H2,11,14). The highest BCUT2D eigenvalue weighted by atomic mass is 15.3. The highest BCUT2D eigenvalue weighted by molar-refractivity contribution is 5.44. The first-order chi connectivity index (χ1) is 7.34. The van der Waals surface area contributed by atoms with Crippen LogP contribution in [0.15, 0.2) is 12.4 Å². The summed E-state index contributed by atoms with van der Waals surface area (Å²) in [6.45, 7) is 3.27. The van der Waals surface area contributed by atoms with Crippen molar-refractivity contribution in [3.63, 3.8) is 0 Å². The Kier molecular flexibility index (Phi) is 1.98. The Morgan fingerprint density at radius 3 is 3.20 bits per heavy atom. The lowest BCUT2D eigenvalue weighted by atomic mass is 10.1. The summed E-state index contributed by atoms with van der Waals surface area (Å²) in [5, 5.41) is 3.42. The van der Waals surface area contributed by atoms with Crippen LogP contribution in [0.5, 0.6) is 0 Å². The van der Waals surface area contributed by atoms with Gasteiger partial charge in [0, 0.05) is 25.7 Å². The van der Waals surface area contributed by atoms with E-state index in [0.29, 0.717) is 11.9 Å². The zero-order valence-electron chi connectivity index (χ0n) is 8.56. The van der Waals surface area contributed by atoms with Gasteiger partial charge in [-0.1, -0.05) is 0 Å². The molecule has 1 aromatic heterocycles. The average Bonchev–Trinajstić information content (AvgIpc) is 2.77. The molecule has 0 radical (unpaired) electrons. The number of anilines is 2. The van der Waals surface area contributed by atoms with Crippen LogP contribution >= 0.6 is 0 Å². The number of hydrogen-bond acceptors (Lipinski definition) is 5. The van der Waals surface area contributed by atoms with E-state index in [1.54, 1.807) is 12.4 Å². The molecule has 0 spiro atoms. The predicted octanol–water partition coefficient (Wildman–Crippen LogP) is -0.143. The van der Waals surface area contributed by atoms with Crippen molar-refractivity contribution in [2.75, 3.05) is 30.3 Å². The van der Waals surface area contributed by atoms with E-state index < -0.39 is 0 Å². The molecule has 0 bridgehead atoms. The van der Waals surface area contributed by atoms with Crippen LogP contribution in [0.25, 0.3) is 0 Å². The Hall–Kier alpha value is -1.36. The normalized spacial score (nSPS) is 29.5. The van der Waals surface area contributed by atoms with Crippen LogP contribution < -0.4 is 16.0 Å². The van der Waals surface area contributed by atoms with Crippen molar-refractivity contribution in [1.29, 1.82) is 0 Å². The molecule has 5 nitrogen and oxygen atoms in total. The van der Waals surface area contributed by atoms with Gasteiger partial charge in [-0.25, -0.2) is 4.98 Å². The number of nitrogens with one attached hydrogen (secondary N) is 1. The topological polar surface area (TPSA) is 67.1 Å². The van der Waals surface area contributed by atoms with Crippen molar-refractivity contribution in [2.45, 2.75) is 12.5 Å². The lowest BCUT2D eigenvalue weighted by Crippen LogP contribution is -2.34. The molecule has 2 aliphatic rings. The van der Waals surface area contributed by atoms with Gasteiger partial charge < -0.3 is 16.0 Å². The molecule has 3 N–H and O–H groups in total. The maximum Gasteiger partial charge on any atom is 0.149 e. The first-order valence-corrected chi connectivity index (χ1v) is 5.39. The third kappa shape index (κ3) is 1.43. The molecule has 2 unspecified atom stereocenters. The summed E-state index contributed by atoms with van der Waals surface area (Å²) in [5.41, 5.74) is 5.65. The van der Waals surface area contributed by atoms with E-state index >= 15 is 0 Å². The van der Waals surface area contributed by atoms with Crippen molar-refractivity contribution in [3.05, 3.63) is 12.4 Å². The van der Waals surface area contributed by atoms with E-state index in [-0.39, 0.29) is 0 Å². The van der Waals surface area contributed by atoms with E-state index in [2.05, 4.69) is 20.2 Å². The molecule has 15 heavy (non-hydrogen) atoms. The molecule has 2 fully saturated rings. The molecule has 2 saturated heterocycles. The first kappa shape index (κ1) is 8.91. The molecule has 2 atom stereocenters. The van der Waals surface area contributed by atoms with E-state index in [1.807, 2.05) is 0 Å². The molecule has 2 aliphatic heterocycles. The van der Waals surface area contributed by atoms with Crippen LogP contribution in [0.1, 0.15) is 6.42 Å². The van der Waals surface area contributed by atoms with Gasteiger partial charge >= 0.3 is 0 Å². The number of nitrogens with zero attached hydrogens (tertiary/aromatic N) is 3. The lowest BCUT2D eigenvalue weighted by Gasteiger charge is -2.24. The summed E-state index contributed by atoms with van der Waals surface area (Å²) in [4.78, 5) is 10.7. The Morgan fingerprint density at radius 2 is 2.33 bits per heavy atom. The second-order valence-corrected chi connectivity index (χ2v) is 4.27. The van der Waals surface area contributed by atoms with Crippen LogP contribution in [-0.4, -0.2) is 35.6 Å². The minimum absolute atomic E-state index is 0.502. The summed E-state index contributed by atoms with van der Waals surface area (Å²) in [6.07, 6.45) is 4.63. The predicted molar refractivity (Wildman–Crippen MR) is 58.6 cm³/mol. The smallest absolute Gasteiger partial charge is 0.149 e. The fourth-order valence-corrected chi connectivity index (χ4v) is 2.64. The number of aromatic nitrogens is 2. The van der Waals surface area contributed by atoms with E-state index in [0.717, 1.165) is 31.4 Å². The molecule has 0 aliphatic carbocycles. The summed E-state index contributed by atoms with van der Waals surface area (Å²) in [7, 11) is 0. The number of nitrogen functional groups attached to an aromatic ring is 1. The summed E-state index contributed by atoms with van der Waals surface area (Å²) >= 11 is 0. The van der Waals surface area contributed by atoms with Gasteiger partial charge in [-0.3, -0.25) is 4.98 Å². The van der Waals surface area contributed by atoms with E-state index in [1.165, 1.54) is 6.42 Å². The van der Waals surface area contributed by atoms with Gasteiger partial charge in [-0.05, 0) is 12.3 Å². The summed E-state index contributed by atoms with van der Waals surface area (Å²) in [5.74, 6) is 2.20. The molecule has 0 saturated carbocycles. The van der Waals surface area contributed by atoms with Gasteiger partial charge in [0.25, 0.3) is 0 Å². The van der Waals surface area contributed by atoms with Gasteiger partial charge in [0.15, 0.2) is 0 Å². The van der Waals surface area contributed by atoms with E-state index in [4.69, 9.17) is 5.73 Å². The fraction of sp³-hybridized carbons (Fsp3) is 0.600. The lowest BCUT2D eigenvalue weighted by molar-refractivity contribution is 0.577. The van der Waals surface area contributed by atoms with Crippen LogP contribution in [-0.2, 0) is 0 Å². The molecule has 0 aromatic carbocycles. The molecular weight excluding hydrogens is 190 g/mol. The Labute approximate surface area is 88.7 Å². The van der Waals surface area contributed by atoms with Crippen LogP contribution in [0.2, 0.25) is 0 Å². The molecule has 80 valence electrons. The third-order valence-corrected chi connectivity index (χ3v) is 3.38. The second kappa shape index (κ2) is 3.34. The number of nitrogens with two attached hydrogens (primary N) is 1. The quantitative estimate of drug-likeness (QED) is 0.668. The van der Waals surface area contributed by atoms with Gasteiger partial charge in [-0.2, -0.15) is 0 Å². The third-order valence-electron chi connectivity index (χ3n) is 3.38. The van der Waals surface area contributed by atoms with Crippen LogP contribution in [0.4, 0.5) is 11.6 Å². The molecule has 3 rings (SSSR count). The highest BCUT2D eigenvalue weighted by Gasteiger charge is 2.38.